The normalized spacial score (nSPS) is 16.8. The zero-order chi connectivity index (χ0) is 22.9. The number of amides is 1. The van der Waals surface area contributed by atoms with Crippen LogP contribution in [0.25, 0.3) is 22.4 Å². The number of carbonyl (C=O) groups is 1. The fourth-order valence-electron chi connectivity index (χ4n) is 4.19. The van der Waals surface area contributed by atoms with E-state index in [0.717, 1.165) is 29.9 Å². The third-order valence-electron chi connectivity index (χ3n) is 5.99. The Labute approximate surface area is 194 Å². The number of hydrogen-bond acceptors (Lipinski definition) is 9. The van der Waals surface area contributed by atoms with Crippen LogP contribution in [0, 0.1) is 0 Å². The summed E-state index contributed by atoms with van der Waals surface area (Å²) in [6.45, 7) is 5.41. The Hall–Kier alpha value is -3.83. The summed E-state index contributed by atoms with van der Waals surface area (Å²) in [5.74, 6) is 0.417. The highest BCUT2D eigenvalue weighted by Gasteiger charge is 2.23. The van der Waals surface area contributed by atoms with Crippen molar-refractivity contribution in [2.45, 2.75) is 0 Å². The number of hydrogen-bond donors (Lipinski definition) is 2. The Morgan fingerprint density at radius 3 is 2.47 bits per heavy atom. The number of furan rings is 1. The van der Waals surface area contributed by atoms with Gasteiger partial charge in [-0.15, -0.1) is 0 Å². The molecule has 4 aromatic rings. The van der Waals surface area contributed by atoms with Crippen molar-refractivity contribution in [1.82, 2.24) is 15.2 Å². The molecular weight excluding hydrogens is 440 g/mol. The first-order chi connectivity index (χ1) is 16.7. The van der Waals surface area contributed by atoms with Crippen LogP contribution in [0.5, 0.6) is 0 Å². The number of nitrogens with one attached hydrogen (secondary N) is 2. The van der Waals surface area contributed by atoms with Crippen LogP contribution in [-0.2, 0) is 9.47 Å². The van der Waals surface area contributed by atoms with Crippen molar-refractivity contribution < 1.29 is 23.1 Å². The van der Waals surface area contributed by atoms with E-state index in [1.807, 2.05) is 12.1 Å². The summed E-state index contributed by atoms with van der Waals surface area (Å²) in [5, 5.41) is 9.66. The van der Waals surface area contributed by atoms with E-state index in [0.29, 0.717) is 62.6 Å². The molecule has 0 spiro atoms. The molecule has 0 aliphatic carbocycles. The lowest BCUT2D eigenvalue weighted by atomic mass is 10.2. The third-order valence-corrected chi connectivity index (χ3v) is 5.99. The van der Waals surface area contributed by atoms with Gasteiger partial charge in [0.1, 0.15) is 11.3 Å². The maximum absolute atomic E-state index is 13.1. The maximum Gasteiger partial charge on any atom is 0.298 e. The average molecular weight is 464 g/mol. The zero-order valence-electron chi connectivity index (χ0n) is 18.5. The number of nitrogens with zero attached hydrogens (tertiary/aromatic N) is 4. The number of anilines is 3. The van der Waals surface area contributed by atoms with Gasteiger partial charge < -0.3 is 33.4 Å². The maximum atomic E-state index is 13.1. The van der Waals surface area contributed by atoms with Crippen LogP contribution < -0.4 is 15.1 Å². The molecule has 1 aromatic carbocycles. The van der Waals surface area contributed by atoms with Crippen molar-refractivity contribution in [2.75, 3.05) is 67.7 Å². The van der Waals surface area contributed by atoms with Gasteiger partial charge >= 0.3 is 0 Å². The molecule has 6 rings (SSSR count). The molecule has 0 radical (unpaired) electrons. The summed E-state index contributed by atoms with van der Waals surface area (Å²) in [7, 11) is 0. The van der Waals surface area contributed by atoms with Gasteiger partial charge in [-0.1, -0.05) is 0 Å². The monoisotopic (exact) mass is 464 g/mol. The van der Waals surface area contributed by atoms with E-state index < -0.39 is 0 Å². The van der Waals surface area contributed by atoms with E-state index in [9.17, 15) is 4.79 Å². The Balaban J connectivity index is 1.32. The number of fused-ring (bicyclic) bond motifs is 1. The van der Waals surface area contributed by atoms with Crippen molar-refractivity contribution in [1.29, 1.82) is 0 Å². The van der Waals surface area contributed by atoms with Gasteiger partial charge in [-0.25, -0.2) is 0 Å². The zero-order valence-corrected chi connectivity index (χ0v) is 18.5. The highest BCUT2D eigenvalue weighted by atomic mass is 16.5. The van der Waals surface area contributed by atoms with Crippen molar-refractivity contribution in [3.05, 3.63) is 42.4 Å². The third kappa shape index (κ3) is 3.99. The number of H-pyrrole nitrogens is 1. The molecule has 2 aliphatic rings. The summed E-state index contributed by atoms with van der Waals surface area (Å²) in [4.78, 5) is 22.0. The number of benzene rings is 1. The minimum atomic E-state index is -0.350. The number of morpholine rings is 2. The molecule has 0 saturated carbocycles. The second-order valence-electron chi connectivity index (χ2n) is 8.14. The summed E-state index contributed by atoms with van der Waals surface area (Å²) >= 11 is 0. The Bertz CT molecular complexity index is 1280. The van der Waals surface area contributed by atoms with E-state index in [1.165, 1.54) is 0 Å². The lowest BCUT2D eigenvalue weighted by Gasteiger charge is -2.30. The average Bonchev–Trinajstić information content (AvgIpc) is 3.65. The quantitative estimate of drug-likeness (QED) is 0.459. The molecule has 2 fully saturated rings. The number of oxazole rings is 1. The fraction of sp³-hybridized carbons (Fsp3) is 0.348. The van der Waals surface area contributed by atoms with E-state index in [-0.39, 0.29) is 11.7 Å². The van der Waals surface area contributed by atoms with Crippen LogP contribution in [-0.4, -0.2) is 73.7 Å². The Kier molecular flexibility index (Phi) is 5.40. The molecule has 2 N–H and O–H groups in total. The standard InChI is InChI=1S/C23H24N6O5/c30-22(20-2-1-19(33-20)15-13-24-25-14-15)26-16-12-21-17(11-18(16)28-3-7-31-8-4-28)27-23(34-21)29-5-9-32-10-6-29/h1-2,11-14H,3-10H2,(H,24,25)(H,26,30). The lowest BCUT2D eigenvalue weighted by molar-refractivity contribution is 0.0997. The first-order valence-corrected chi connectivity index (χ1v) is 11.2. The number of rotatable bonds is 5. The second kappa shape index (κ2) is 8.84. The second-order valence-corrected chi connectivity index (χ2v) is 8.14. The predicted octanol–water partition coefficient (Wildman–Crippen LogP) is 2.74. The van der Waals surface area contributed by atoms with Crippen molar-refractivity contribution >= 4 is 34.4 Å². The number of carbonyl (C=O) groups excluding carboxylic acids is 1. The van der Waals surface area contributed by atoms with Crippen LogP contribution in [0.2, 0.25) is 0 Å². The molecule has 11 heteroatoms. The van der Waals surface area contributed by atoms with Crippen LogP contribution in [0.15, 0.2) is 45.5 Å². The van der Waals surface area contributed by atoms with E-state index in [2.05, 4.69) is 25.3 Å². The molecule has 0 unspecified atom stereocenters. The van der Waals surface area contributed by atoms with Crippen LogP contribution in [0.3, 0.4) is 0 Å². The topological polar surface area (TPSA) is 122 Å². The fourth-order valence-corrected chi connectivity index (χ4v) is 4.19. The Morgan fingerprint density at radius 1 is 0.971 bits per heavy atom. The van der Waals surface area contributed by atoms with Crippen molar-refractivity contribution in [2.24, 2.45) is 0 Å². The highest BCUT2D eigenvalue weighted by molar-refractivity contribution is 6.06. The lowest BCUT2D eigenvalue weighted by Crippen LogP contribution is -2.36. The van der Waals surface area contributed by atoms with Crippen LogP contribution >= 0.6 is 0 Å². The highest BCUT2D eigenvalue weighted by Crippen LogP contribution is 2.34. The SMILES string of the molecule is O=C(Nc1cc2oc(N3CCOCC3)nc2cc1N1CCOCC1)c1ccc(-c2cn[nH]c2)o1. The van der Waals surface area contributed by atoms with E-state index in [4.69, 9.17) is 23.3 Å². The molecule has 34 heavy (non-hydrogen) atoms. The van der Waals surface area contributed by atoms with E-state index in [1.54, 1.807) is 24.5 Å². The van der Waals surface area contributed by atoms with Crippen molar-refractivity contribution in [3.8, 4) is 11.3 Å². The van der Waals surface area contributed by atoms with Crippen molar-refractivity contribution in [3.63, 3.8) is 0 Å². The molecule has 1 amide bonds. The molecule has 176 valence electrons. The molecule has 5 heterocycles. The summed E-state index contributed by atoms with van der Waals surface area (Å²) < 4.78 is 22.8. The molecular formula is C23H24N6O5. The van der Waals surface area contributed by atoms with E-state index >= 15 is 0 Å². The summed E-state index contributed by atoms with van der Waals surface area (Å²) in [5.41, 5.74) is 3.61. The summed E-state index contributed by atoms with van der Waals surface area (Å²) in [6.07, 6.45) is 3.35. The largest absolute Gasteiger partial charge is 0.451 e. The van der Waals surface area contributed by atoms with Gasteiger partial charge in [-0.3, -0.25) is 9.89 Å². The van der Waals surface area contributed by atoms with Gasteiger partial charge in [0.05, 0.1) is 49.6 Å². The van der Waals surface area contributed by atoms with Crippen LogP contribution in [0.1, 0.15) is 10.6 Å². The summed E-state index contributed by atoms with van der Waals surface area (Å²) in [6, 6.07) is 7.75. The van der Waals surface area contributed by atoms with Gasteiger partial charge in [0.25, 0.3) is 11.9 Å². The smallest absolute Gasteiger partial charge is 0.298 e. The Morgan fingerprint density at radius 2 is 1.74 bits per heavy atom. The van der Waals surface area contributed by atoms with Gasteiger partial charge in [-0.05, 0) is 18.2 Å². The van der Waals surface area contributed by atoms with Gasteiger partial charge in [0.15, 0.2) is 11.3 Å². The molecule has 11 nitrogen and oxygen atoms in total. The number of aromatic nitrogens is 3. The molecule has 0 atom stereocenters. The van der Waals surface area contributed by atoms with Gasteiger partial charge in [-0.2, -0.15) is 10.1 Å². The first kappa shape index (κ1) is 20.8. The minimum Gasteiger partial charge on any atom is -0.451 e. The predicted molar refractivity (Wildman–Crippen MR) is 124 cm³/mol. The van der Waals surface area contributed by atoms with Gasteiger partial charge in [0.2, 0.25) is 0 Å². The molecule has 0 bridgehead atoms. The van der Waals surface area contributed by atoms with Gasteiger partial charge in [0, 0.05) is 38.4 Å². The molecule has 2 aliphatic heterocycles. The molecule has 2 saturated heterocycles. The number of ether oxygens (including phenoxy) is 2. The molecule has 3 aromatic heterocycles. The minimum absolute atomic E-state index is 0.204. The van der Waals surface area contributed by atoms with Crippen LogP contribution in [0.4, 0.5) is 17.4 Å². The number of aromatic amines is 1. The first-order valence-electron chi connectivity index (χ1n) is 11.2.